The Balaban J connectivity index is 2.48. The number of methoxy groups -OCH3 is 1. The molecule has 0 fully saturated rings. The van der Waals surface area contributed by atoms with E-state index in [0.29, 0.717) is 6.54 Å². The molecule has 1 unspecified atom stereocenters. The van der Waals surface area contributed by atoms with Crippen molar-refractivity contribution in [2.75, 3.05) is 13.7 Å². The second-order valence-corrected chi connectivity index (χ2v) is 3.71. The van der Waals surface area contributed by atoms with E-state index in [-0.39, 0.29) is 6.61 Å². The van der Waals surface area contributed by atoms with Gasteiger partial charge in [-0.2, -0.15) is 0 Å². The number of nitrogens with one attached hydrogen (secondary N) is 1. The molecule has 1 aromatic rings. The van der Waals surface area contributed by atoms with Gasteiger partial charge in [-0.25, -0.2) is 0 Å². The average molecular weight is 223 g/mol. The third-order valence-corrected chi connectivity index (χ3v) is 2.30. The lowest BCUT2D eigenvalue weighted by Crippen LogP contribution is -2.39. The monoisotopic (exact) mass is 223 g/mol. The van der Waals surface area contributed by atoms with E-state index < -0.39 is 12.0 Å². The van der Waals surface area contributed by atoms with E-state index in [2.05, 4.69) is 5.32 Å². The smallest absolute Gasteiger partial charge is 0.323 e. The molecule has 0 aromatic heterocycles. The van der Waals surface area contributed by atoms with Gasteiger partial charge in [0.15, 0.2) is 0 Å². The van der Waals surface area contributed by atoms with Crippen molar-refractivity contribution in [3.8, 4) is 0 Å². The van der Waals surface area contributed by atoms with E-state index in [1.54, 1.807) is 0 Å². The minimum Gasteiger partial charge on any atom is -0.480 e. The summed E-state index contributed by atoms with van der Waals surface area (Å²) in [4.78, 5) is 10.8. The number of rotatable bonds is 6. The van der Waals surface area contributed by atoms with Crippen molar-refractivity contribution < 1.29 is 14.6 Å². The molecule has 1 rings (SSSR count). The zero-order valence-electron chi connectivity index (χ0n) is 9.56. The molecule has 0 radical (unpaired) electrons. The van der Waals surface area contributed by atoms with Gasteiger partial charge in [0.25, 0.3) is 0 Å². The molecule has 0 aliphatic rings. The number of hydrogen-bond acceptors (Lipinski definition) is 3. The average Bonchev–Trinajstić information content (AvgIpc) is 2.26. The van der Waals surface area contributed by atoms with Crippen LogP contribution in [-0.4, -0.2) is 30.8 Å². The standard InChI is InChI=1S/C12H17NO3/c1-9-3-5-10(6-4-9)7-13-11(8-16-2)12(14)15/h3-6,11,13H,7-8H2,1-2H3,(H,14,15). The molecule has 0 saturated heterocycles. The van der Waals surface area contributed by atoms with E-state index in [1.807, 2.05) is 31.2 Å². The van der Waals surface area contributed by atoms with Gasteiger partial charge in [0.2, 0.25) is 0 Å². The summed E-state index contributed by atoms with van der Waals surface area (Å²) in [5, 5.41) is 11.8. The number of carbonyl (C=O) groups is 1. The Hall–Kier alpha value is -1.39. The molecular formula is C12H17NO3. The number of benzene rings is 1. The minimum absolute atomic E-state index is 0.168. The number of hydrogen-bond donors (Lipinski definition) is 2. The Labute approximate surface area is 95.2 Å². The molecule has 4 heteroatoms. The first-order chi connectivity index (χ1) is 7.63. The van der Waals surface area contributed by atoms with Crippen LogP contribution in [0.25, 0.3) is 0 Å². The van der Waals surface area contributed by atoms with Crippen LogP contribution in [0.5, 0.6) is 0 Å². The van der Waals surface area contributed by atoms with Gasteiger partial charge in [-0.1, -0.05) is 29.8 Å². The first kappa shape index (κ1) is 12.7. The number of aliphatic carboxylic acids is 1. The van der Waals surface area contributed by atoms with Crippen LogP contribution in [0, 0.1) is 6.92 Å². The molecule has 0 bridgehead atoms. The zero-order chi connectivity index (χ0) is 12.0. The fraction of sp³-hybridized carbons (Fsp3) is 0.417. The van der Waals surface area contributed by atoms with Gasteiger partial charge in [-0.15, -0.1) is 0 Å². The first-order valence-electron chi connectivity index (χ1n) is 5.14. The Kier molecular flexibility index (Phi) is 4.95. The zero-order valence-corrected chi connectivity index (χ0v) is 9.56. The summed E-state index contributed by atoms with van der Waals surface area (Å²) < 4.78 is 4.83. The van der Waals surface area contributed by atoms with Crippen LogP contribution in [0.4, 0.5) is 0 Å². The van der Waals surface area contributed by atoms with Crippen molar-refractivity contribution in [2.24, 2.45) is 0 Å². The molecule has 0 aliphatic carbocycles. The second kappa shape index (κ2) is 6.25. The van der Waals surface area contributed by atoms with Gasteiger partial charge < -0.3 is 9.84 Å². The molecular weight excluding hydrogens is 206 g/mol. The van der Waals surface area contributed by atoms with Crippen molar-refractivity contribution in [2.45, 2.75) is 19.5 Å². The van der Waals surface area contributed by atoms with Gasteiger partial charge in [0.1, 0.15) is 6.04 Å². The Morgan fingerprint density at radius 1 is 1.44 bits per heavy atom. The second-order valence-electron chi connectivity index (χ2n) is 3.71. The lowest BCUT2D eigenvalue weighted by atomic mass is 10.1. The minimum atomic E-state index is -0.894. The van der Waals surface area contributed by atoms with E-state index in [4.69, 9.17) is 9.84 Å². The van der Waals surface area contributed by atoms with Gasteiger partial charge in [-0.05, 0) is 12.5 Å². The van der Waals surface area contributed by atoms with E-state index >= 15 is 0 Å². The van der Waals surface area contributed by atoms with Gasteiger partial charge in [0, 0.05) is 13.7 Å². The van der Waals surface area contributed by atoms with Gasteiger partial charge >= 0.3 is 5.97 Å². The van der Waals surface area contributed by atoms with Crippen LogP contribution in [0.15, 0.2) is 24.3 Å². The summed E-state index contributed by atoms with van der Waals surface area (Å²) in [6, 6.07) is 7.31. The number of aryl methyl sites for hydroxylation is 1. The molecule has 0 saturated carbocycles. The Morgan fingerprint density at radius 2 is 2.06 bits per heavy atom. The molecule has 4 nitrogen and oxygen atoms in total. The number of carboxylic acids is 1. The van der Waals surface area contributed by atoms with Crippen LogP contribution < -0.4 is 5.32 Å². The summed E-state index contributed by atoms with van der Waals surface area (Å²) in [6.45, 7) is 2.71. The molecule has 2 N–H and O–H groups in total. The fourth-order valence-electron chi connectivity index (χ4n) is 1.33. The quantitative estimate of drug-likeness (QED) is 0.760. The predicted octanol–water partition coefficient (Wildman–Crippen LogP) is 1.18. The number of carboxylic acid groups (broad SMARTS) is 1. The highest BCUT2D eigenvalue weighted by atomic mass is 16.5. The first-order valence-corrected chi connectivity index (χ1v) is 5.14. The summed E-state index contributed by atoms with van der Waals surface area (Å²) in [6.07, 6.45) is 0. The molecule has 0 amide bonds. The largest absolute Gasteiger partial charge is 0.480 e. The molecule has 1 aromatic carbocycles. The lowest BCUT2D eigenvalue weighted by molar-refractivity contribution is -0.140. The molecule has 0 spiro atoms. The maximum atomic E-state index is 10.8. The summed E-state index contributed by atoms with van der Waals surface area (Å²) >= 11 is 0. The Bertz CT molecular complexity index is 335. The number of ether oxygens (including phenoxy) is 1. The SMILES string of the molecule is COCC(NCc1ccc(C)cc1)C(=O)O. The summed E-state index contributed by atoms with van der Waals surface area (Å²) in [5.74, 6) is -0.894. The summed E-state index contributed by atoms with van der Waals surface area (Å²) in [5.41, 5.74) is 2.25. The maximum absolute atomic E-state index is 10.8. The van der Waals surface area contributed by atoms with Crippen molar-refractivity contribution in [3.05, 3.63) is 35.4 Å². The van der Waals surface area contributed by atoms with Gasteiger partial charge in [-0.3, -0.25) is 10.1 Å². The predicted molar refractivity (Wildman–Crippen MR) is 61.3 cm³/mol. The molecule has 0 aliphatic heterocycles. The lowest BCUT2D eigenvalue weighted by Gasteiger charge is -2.13. The highest BCUT2D eigenvalue weighted by molar-refractivity contribution is 5.73. The van der Waals surface area contributed by atoms with Crippen molar-refractivity contribution >= 4 is 5.97 Å². The van der Waals surface area contributed by atoms with E-state index in [0.717, 1.165) is 5.56 Å². The van der Waals surface area contributed by atoms with Crippen LogP contribution in [0.3, 0.4) is 0 Å². The van der Waals surface area contributed by atoms with E-state index in [9.17, 15) is 4.79 Å². The molecule has 88 valence electrons. The third kappa shape index (κ3) is 4.00. The topological polar surface area (TPSA) is 58.6 Å². The van der Waals surface area contributed by atoms with Crippen LogP contribution in [0.2, 0.25) is 0 Å². The summed E-state index contributed by atoms with van der Waals surface area (Å²) in [7, 11) is 1.49. The molecule has 0 heterocycles. The highest BCUT2D eigenvalue weighted by Gasteiger charge is 2.15. The Morgan fingerprint density at radius 3 is 2.56 bits per heavy atom. The maximum Gasteiger partial charge on any atom is 0.323 e. The van der Waals surface area contributed by atoms with Crippen molar-refractivity contribution in [3.63, 3.8) is 0 Å². The van der Waals surface area contributed by atoms with Gasteiger partial charge in [0.05, 0.1) is 6.61 Å². The van der Waals surface area contributed by atoms with E-state index in [1.165, 1.54) is 12.7 Å². The van der Waals surface area contributed by atoms with Crippen LogP contribution in [0.1, 0.15) is 11.1 Å². The van der Waals surface area contributed by atoms with Crippen molar-refractivity contribution in [1.82, 2.24) is 5.32 Å². The van der Waals surface area contributed by atoms with Crippen molar-refractivity contribution in [1.29, 1.82) is 0 Å². The highest BCUT2D eigenvalue weighted by Crippen LogP contribution is 2.03. The fourth-order valence-corrected chi connectivity index (χ4v) is 1.33. The molecule has 16 heavy (non-hydrogen) atoms. The normalized spacial score (nSPS) is 12.4. The third-order valence-electron chi connectivity index (χ3n) is 2.30. The van der Waals surface area contributed by atoms with Crippen LogP contribution in [-0.2, 0) is 16.1 Å². The molecule has 1 atom stereocenters. The van der Waals surface area contributed by atoms with Crippen LogP contribution >= 0.6 is 0 Å².